The number of carbonyl (C=O) groups is 2. The third kappa shape index (κ3) is 3.51. The highest BCUT2D eigenvalue weighted by Gasteiger charge is 2.38. The molecule has 3 unspecified atom stereocenters. The lowest BCUT2D eigenvalue weighted by atomic mass is 9.77. The van der Waals surface area contributed by atoms with E-state index >= 15 is 0 Å². The first-order valence-electron chi connectivity index (χ1n) is 7.67. The van der Waals surface area contributed by atoms with E-state index in [0.717, 1.165) is 38.6 Å². The molecule has 0 aromatic rings. The molecule has 20 heavy (non-hydrogen) atoms. The summed E-state index contributed by atoms with van der Waals surface area (Å²) >= 11 is 0. The SMILES string of the molecule is CC1(C)CCCNC1C(=O)NC1CCCC(C(=O)O)C1. The van der Waals surface area contributed by atoms with Crippen LogP contribution in [0.2, 0.25) is 0 Å². The van der Waals surface area contributed by atoms with Gasteiger partial charge in [-0.1, -0.05) is 20.3 Å². The highest BCUT2D eigenvalue weighted by Crippen LogP contribution is 2.31. The summed E-state index contributed by atoms with van der Waals surface area (Å²) in [5.41, 5.74) is -0.0385. The number of nitrogens with one attached hydrogen (secondary N) is 2. The van der Waals surface area contributed by atoms with E-state index in [1.54, 1.807) is 0 Å². The topological polar surface area (TPSA) is 78.4 Å². The number of hydrogen-bond acceptors (Lipinski definition) is 3. The maximum absolute atomic E-state index is 12.4. The number of rotatable bonds is 3. The second-order valence-corrected chi connectivity index (χ2v) is 6.89. The van der Waals surface area contributed by atoms with Crippen LogP contribution in [0.15, 0.2) is 0 Å². The van der Waals surface area contributed by atoms with Gasteiger partial charge in [0.05, 0.1) is 12.0 Å². The van der Waals surface area contributed by atoms with Crippen LogP contribution in [0.4, 0.5) is 0 Å². The zero-order valence-corrected chi connectivity index (χ0v) is 12.4. The molecule has 0 radical (unpaired) electrons. The third-order valence-electron chi connectivity index (χ3n) is 4.76. The van der Waals surface area contributed by atoms with Crippen LogP contribution in [0.25, 0.3) is 0 Å². The molecule has 3 atom stereocenters. The molecule has 5 nitrogen and oxygen atoms in total. The monoisotopic (exact) mass is 282 g/mol. The average molecular weight is 282 g/mol. The molecule has 1 aliphatic heterocycles. The Balaban J connectivity index is 1.92. The Bertz CT molecular complexity index is 381. The lowest BCUT2D eigenvalue weighted by Gasteiger charge is -2.39. The molecule has 2 aliphatic rings. The Morgan fingerprint density at radius 1 is 1.25 bits per heavy atom. The zero-order valence-electron chi connectivity index (χ0n) is 12.4. The number of hydrogen-bond donors (Lipinski definition) is 3. The zero-order chi connectivity index (χ0) is 14.8. The summed E-state index contributed by atoms with van der Waals surface area (Å²) < 4.78 is 0. The first kappa shape index (κ1) is 15.3. The van der Waals surface area contributed by atoms with Gasteiger partial charge in [-0.3, -0.25) is 9.59 Å². The number of piperidine rings is 1. The molecule has 2 fully saturated rings. The van der Waals surface area contributed by atoms with Gasteiger partial charge in [-0.15, -0.1) is 0 Å². The molecule has 1 saturated carbocycles. The van der Waals surface area contributed by atoms with Crippen LogP contribution >= 0.6 is 0 Å². The summed E-state index contributed by atoms with van der Waals surface area (Å²) in [6.07, 6.45) is 5.21. The third-order valence-corrected chi connectivity index (χ3v) is 4.76. The van der Waals surface area contributed by atoms with Crippen LogP contribution in [0.1, 0.15) is 52.4 Å². The van der Waals surface area contributed by atoms with Crippen molar-refractivity contribution in [2.75, 3.05) is 6.54 Å². The van der Waals surface area contributed by atoms with Gasteiger partial charge in [0.2, 0.25) is 5.91 Å². The van der Waals surface area contributed by atoms with Gasteiger partial charge in [0.25, 0.3) is 0 Å². The van der Waals surface area contributed by atoms with E-state index in [0.29, 0.717) is 6.42 Å². The Kier molecular flexibility index (Phi) is 4.68. The maximum Gasteiger partial charge on any atom is 0.306 e. The van der Waals surface area contributed by atoms with Crippen molar-refractivity contribution in [1.29, 1.82) is 0 Å². The normalized spacial score (nSPS) is 33.4. The number of amides is 1. The van der Waals surface area contributed by atoms with Gasteiger partial charge >= 0.3 is 5.97 Å². The summed E-state index contributed by atoms with van der Waals surface area (Å²) in [6.45, 7) is 5.11. The smallest absolute Gasteiger partial charge is 0.306 e. The van der Waals surface area contributed by atoms with Crippen LogP contribution < -0.4 is 10.6 Å². The molecule has 1 saturated heterocycles. The van der Waals surface area contributed by atoms with Crippen LogP contribution in [-0.2, 0) is 9.59 Å². The predicted molar refractivity (Wildman–Crippen MR) is 76.3 cm³/mol. The van der Waals surface area contributed by atoms with Crippen LogP contribution in [0.5, 0.6) is 0 Å². The van der Waals surface area contributed by atoms with Gasteiger partial charge in [0.15, 0.2) is 0 Å². The van der Waals surface area contributed by atoms with Gasteiger partial charge in [0, 0.05) is 6.04 Å². The van der Waals surface area contributed by atoms with E-state index in [2.05, 4.69) is 24.5 Å². The van der Waals surface area contributed by atoms with Crippen molar-refractivity contribution < 1.29 is 14.7 Å². The van der Waals surface area contributed by atoms with Crippen LogP contribution in [0, 0.1) is 11.3 Å². The number of carbonyl (C=O) groups excluding carboxylic acids is 1. The molecule has 2 rings (SSSR count). The fourth-order valence-corrected chi connectivity index (χ4v) is 3.49. The van der Waals surface area contributed by atoms with Crippen molar-refractivity contribution in [2.24, 2.45) is 11.3 Å². The number of aliphatic carboxylic acids is 1. The minimum atomic E-state index is -0.736. The van der Waals surface area contributed by atoms with E-state index in [1.165, 1.54) is 0 Å². The van der Waals surface area contributed by atoms with E-state index in [1.807, 2.05) is 0 Å². The molecule has 0 aromatic carbocycles. The van der Waals surface area contributed by atoms with E-state index < -0.39 is 5.97 Å². The Labute approximate surface area is 120 Å². The molecule has 0 spiro atoms. The summed E-state index contributed by atoms with van der Waals surface area (Å²) in [4.78, 5) is 23.5. The largest absolute Gasteiger partial charge is 0.481 e. The van der Waals surface area contributed by atoms with Crippen molar-refractivity contribution in [2.45, 2.75) is 64.5 Å². The summed E-state index contributed by atoms with van der Waals surface area (Å²) in [5.74, 6) is -1.01. The second kappa shape index (κ2) is 6.12. The van der Waals surface area contributed by atoms with Crippen molar-refractivity contribution in [3.8, 4) is 0 Å². The fraction of sp³-hybridized carbons (Fsp3) is 0.867. The van der Waals surface area contributed by atoms with Crippen molar-refractivity contribution >= 4 is 11.9 Å². The molecule has 5 heteroatoms. The Hall–Kier alpha value is -1.10. The molecule has 0 aromatic heterocycles. The highest BCUT2D eigenvalue weighted by atomic mass is 16.4. The van der Waals surface area contributed by atoms with E-state index in [4.69, 9.17) is 5.11 Å². The Morgan fingerprint density at radius 2 is 2.00 bits per heavy atom. The van der Waals surface area contributed by atoms with Crippen molar-refractivity contribution in [1.82, 2.24) is 10.6 Å². The molecule has 1 aliphatic carbocycles. The molecular formula is C15H26N2O3. The highest BCUT2D eigenvalue weighted by molar-refractivity contribution is 5.83. The molecule has 114 valence electrons. The predicted octanol–water partition coefficient (Wildman–Crippen LogP) is 1.52. The average Bonchev–Trinajstić information content (AvgIpc) is 2.38. The van der Waals surface area contributed by atoms with E-state index in [9.17, 15) is 9.59 Å². The van der Waals surface area contributed by atoms with Crippen LogP contribution in [-0.4, -0.2) is 35.6 Å². The summed E-state index contributed by atoms with van der Waals surface area (Å²) in [5, 5.41) is 15.5. The lowest BCUT2D eigenvalue weighted by molar-refractivity contribution is -0.143. The maximum atomic E-state index is 12.4. The Morgan fingerprint density at radius 3 is 2.65 bits per heavy atom. The first-order valence-corrected chi connectivity index (χ1v) is 7.67. The van der Waals surface area contributed by atoms with Gasteiger partial charge in [-0.05, 0) is 44.1 Å². The van der Waals surface area contributed by atoms with Gasteiger partial charge in [0.1, 0.15) is 0 Å². The van der Waals surface area contributed by atoms with Crippen LogP contribution in [0.3, 0.4) is 0 Å². The fourth-order valence-electron chi connectivity index (χ4n) is 3.49. The number of carboxylic acids is 1. The molecule has 0 bridgehead atoms. The number of carboxylic acid groups (broad SMARTS) is 1. The van der Waals surface area contributed by atoms with E-state index in [-0.39, 0.29) is 29.3 Å². The molecule has 1 amide bonds. The lowest BCUT2D eigenvalue weighted by Crippen LogP contribution is -2.57. The summed E-state index contributed by atoms with van der Waals surface area (Å²) in [7, 11) is 0. The molecule has 1 heterocycles. The first-order chi connectivity index (χ1) is 9.40. The van der Waals surface area contributed by atoms with Gasteiger partial charge in [-0.2, -0.15) is 0 Å². The molecular weight excluding hydrogens is 256 g/mol. The van der Waals surface area contributed by atoms with Crippen molar-refractivity contribution in [3.05, 3.63) is 0 Å². The van der Waals surface area contributed by atoms with Gasteiger partial charge in [-0.25, -0.2) is 0 Å². The quantitative estimate of drug-likeness (QED) is 0.733. The minimum absolute atomic E-state index is 0.0110. The summed E-state index contributed by atoms with van der Waals surface area (Å²) in [6, 6.07) is -0.154. The van der Waals surface area contributed by atoms with Gasteiger partial charge < -0.3 is 15.7 Å². The molecule has 3 N–H and O–H groups in total. The standard InChI is InChI=1S/C15H26N2O3/c1-15(2)7-4-8-16-12(15)13(18)17-11-6-3-5-10(9-11)14(19)20/h10-12,16H,3-9H2,1-2H3,(H,17,18)(H,19,20). The second-order valence-electron chi connectivity index (χ2n) is 6.89. The minimum Gasteiger partial charge on any atom is -0.481 e. The van der Waals surface area contributed by atoms with Crippen molar-refractivity contribution in [3.63, 3.8) is 0 Å².